The van der Waals surface area contributed by atoms with E-state index in [0.717, 1.165) is 0 Å². The van der Waals surface area contributed by atoms with Crippen LogP contribution in [0.3, 0.4) is 0 Å². The molecule has 1 aromatic rings. The van der Waals surface area contributed by atoms with E-state index in [0.29, 0.717) is 18.1 Å². The van der Waals surface area contributed by atoms with E-state index in [2.05, 4.69) is 10.3 Å². The smallest absolute Gasteiger partial charge is 0.0853 e. The molecule has 0 amide bonds. The molecule has 5 heteroatoms. The Labute approximate surface area is 88.2 Å². The minimum Gasteiger partial charge on any atom is -0.411 e. The molecule has 0 aromatic carbocycles. The van der Waals surface area contributed by atoms with Crippen LogP contribution in [0.1, 0.15) is 13.8 Å². The van der Waals surface area contributed by atoms with Gasteiger partial charge in [-0.2, -0.15) is 5.10 Å². The van der Waals surface area contributed by atoms with Gasteiger partial charge < -0.3 is 5.21 Å². The van der Waals surface area contributed by atoms with Gasteiger partial charge in [-0.15, -0.1) is 11.6 Å². The average molecular weight is 216 g/mol. The lowest BCUT2D eigenvalue weighted by Crippen LogP contribution is -2.30. The number of nitrogens with zero attached hydrogens (tertiary/aromatic N) is 3. The first-order valence-corrected chi connectivity index (χ1v) is 4.88. The molecule has 0 atom stereocenters. The number of hydrogen-bond donors (Lipinski definition) is 1. The van der Waals surface area contributed by atoms with Crippen LogP contribution in [0.4, 0.5) is 0 Å². The predicted molar refractivity (Wildman–Crippen MR) is 55.9 cm³/mol. The van der Waals surface area contributed by atoms with Gasteiger partial charge in [0.2, 0.25) is 0 Å². The van der Waals surface area contributed by atoms with Gasteiger partial charge in [0.1, 0.15) is 0 Å². The van der Waals surface area contributed by atoms with Gasteiger partial charge in [0.05, 0.1) is 12.3 Å². The molecule has 0 aliphatic heterocycles. The fourth-order valence-electron chi connectivity index (χ4n) is 1.01. The Hall–Kier alpha value is -1.03. The van der Waals surface area contributed by atoms with Crippen molar-refractivity contribution < 1.29 is 5.21 Å². The van der Waals surface area contributed by atoms with E-state index in [9.17, 15) is 0 Å². The fraction of sp³-hybridized carbons (Fsp3) is 0.556. The number of oxime groups is 1. The maximum absolute atomic E-state index is 8.88. The van der Waals surface area contributed by atoms with E-state index in [4.69, 9.17) is 16.8 Å². The summed E-state index contributed by atoms with van der Waals surface area (Å²) in [6.45, 7) is 4.32. The molecule has 0 spiro atoms. The van der Waals surface area contributed by atoms with Crippen LogP contribution in [-0.4, -0.2) is 26.6 Å². The second-order valence-corrected chi connectivity index (χ2v) is 4.04. The highest BCUT2D eigenvalue weighted by Crippen LogP contribution is 2.20. The van der Waals surface area contributed by atoms with Gasteiger partial charge in [-0.3, -0.25) is 4.68 Å². The zero-order valence-electron chi connectivity index (χ0n) is 8.31. The van der Waals surface area contributed by atoms with Gasteiger partial charge in [-0.05, 0) is 6.07 Å². The Bertz CT molecular complexity index is 306. The Kier molecular flexibility index (Phi) is 3.52. The highest BCUT2D eigenvalue weighted by atomic mass is 35.5. The first kappa shape index (κ1) is 11.0. The molecule has 4 nitrogen and oxygen atoms in total. The van der Waals surface area contributed by atoms with Gasteiger partial charge in [-0.1, -0.05) is 19.0 Å². The average Bonchev–Trinajstić information content (AvgIpc) is 2.66. The number of hydrogen-bond acceptors (Lipinski definition) is 3. The van der Waals surface area contributed by atoms with E-state index in [-0.39, 0.29) is 5.41 Å². The summed E-state index contributed by atoms with van der Waals surface area (Å²) < 4.78 is 1.70. The molecule has 0 unspecified atom stereocenters. The van der Waals surface area contributed by atoms with Crippen molar-refractivity contribution in [2.24, 2.45) is 10.6 Å². The Morgan fingerprint density at radius 2 is 2.36 bits per heavy atom. The van der Waals surface area contributed by atoms with E-state index in [1.165, 1.54) is 0 Å². The number of alkyl halides is 1. The molecule has 1 aromatic heterocycles. The van der Waals surface area contributed by atoms with Crippen LogP contribution in [0.5, 0.6) is 0 Å². The highest BCUT2D eigenvalue weighted by molar-refractivity contribution is 6.20. The van der Waals surface area contributed by atoms with Crippen LogP contribution in [-0.2, 0) is 6.54 Å². The van der Waals surface area contributed by atoms with Gasteiger partial charge in [-0.25, -0.2) is 0 Å². The quantitative estimate of drug-likeness (QED) is 0.361. The lowest BCUT2D eigenvalue weighted by molar-refractivity contribution is 0.307. The molecule has 0 bridgehead atoms. The van der Waals surface area contributed by atoms with Gasteiger partial charge in [0.25, 0.3) is 0 Å². The summed E-state index contributed by atoms with van der Waals surface area (Å²) in [5, 5.41) is 16.2. The van der Waals surface area contributed by atoms with Gasteiger partial charge in [0, 0.05) is 23.7 Å². The maximum Gasteiger partial charge on any atom is 0.0853 e. The van der Waals surface area contributed by atoms with Crippen molar-refractivity contribution in [3.63, 3.8) is 0 Å². The van der Waals surface area contributed by atoms with Crippen LogP contribution < -0.4 is 0 Å². The van der Waals surface area contributed by atoms with Crippen molar-refractivity contribution in [3.05, 3.63) is 18.5 Å². The summed E-state index contributed by atoms with van der Waals surface area (Å²) in [5.74, 6) is 0.410. The Morgan fingerprint density at radius 3 is 2.79 bits per heavy atom. The van der Waals surface area contributed by atoms with Crippen LogP contribution in [0.25, 0.3) is 0 Å². The molecule has 14 heavy (non-hydrogen) atoms. The topological polar surface area (TPSA) is 50.4 Å². The molecule has 0 saturated carbocycles. The van der Waals surface area contributed by atoms with Gasteiger partial charge >= 0.3 is 0 Å². The largest absolute Gasteiger partial charge is 0.411 e. The van der Waals surface area contributed by atoms with E-state index < -0.39 is 0 Å². The number of aromatic nitrogens is 2. The standard InChI is InChI=1S/C9H14ClN3O/c1-9(2,7-10)8(12-14)6-13-5-3-4-11-13/h3-5,14H,6-7H2,1-2H3/b12-8+. The van der Waals surface area contributed by atoms with Crippen molar-refractivity contribution in [3.8, 4) is 0 Å². The molecule has 0 aliphatic rings. The van der Waals surface area contributed by atoms with Crippen LogP contribution in [0.2, 0.25) is 0 Å². The third kappa shape index (κ3) is 2.48. The van der Waals surface area contributed by atoms with E-state index >= 15 is 0 Å². The summed E-state index contributed by atoms with van der Waals surface area (Å²) in [5.41, 5.74) is 0.304. The summed E-state index contributed by atoms with van der Waals surface area (Å²) in [7, 11) is 0. The number of rotatable bonds is 4. The van der Waals surface area contributed by atoms with E-state index in [1.807, 2.05) is 26.1 Å². The maximum atomic E-state index is 8.88. The van der Waals surface area contributed by atoms with Crippen molar-refractivity contribution in [1.82, 2.24) is 9.78 Å². The zero-order chi connectivity index (χ0) is 10.6. The molecule has 1 N–H and O–H groups in total. The van der Waals surface area contributed by atoms with Crippen molar-refractivity contribution in [2.45, 2.75) is 20.4 Å². The van der Waals surface area contributed by atoms with Crippen molar-refractivity contribution >= 4 is 17.3 Å². The third-order valence-electron chi connectivity index (χ3n) is 2.11. The molecule has 1 rings (SSSR count). The molecule has 1 heterocycles. The van der Waals surface area contributed by atoms with Crippen LogP contribution >= 0.6 is 11.6 Å². The predicted octanol–water partition coefficient (Wildman–Crippen LogP) is 1.98. The first-order chi connectivity index (χ1) is 6.60. The van der Waals surface area contributed by atoms with Crippen molar-refractivity contribution in [1.29, 1.82) is 0 Å². The minimum absolute atomic E-state index is 0.317. The lowest BCUT2D eigenvalue weighted by atomic mass is 9.90. The minimum atomic E-state index is -0.317. The van der Waals surface area contributed by atoms with Crippen LogP contribution in [0, 0.1) is 5.41 Å². The summed E-state index contributed by atoms with van der Waals surface area (Å²) in [6.07, 6.45) is 3.50. The first-order valence-electron chi connectivity index (χ1n) is 4.35. The molecule has 0 fully saturated rings. The molecule has 0 saturated heterocycles. The van der Waals surface area contributed by atoms with Gasteiger partial charge in [0.15, 0.2) is 0 Å². The van der Waals surface area contributed by atoms with Crippen molar-refractivity contribution in [2.75, 3.05) is 5.88 Å². The number of halogens is 1. The third-order valence-corrected chi connectivity index (χ3v) is 2.78. The second kappa shape index (κ2) is 4.46. The zero-order valence-corrected chi connectivity index (χ0v) is 9.07. The summed E-state index contributed by atoms with van der Waals surface area (Å²) in [4.78, 5) is 0. The lowest BCUT2D eigenvalue weighted by Gasteiger charge is -2.22. The molecule has 0 aliphatic carbocycles. The van der Waals surface area contributed by atoms with Crippen LogP contribution in [0.15, 0.2) is 23.6 Å². The summed E-state index contributed by atoms with van der Waals surface area (Å²) >= 11 is 5.79. The molecular formula is C9H14ClN3O. The molecule has 78 valence electrons. The Morgan fingerprint density at radius 1 is 1.64 bits per heavy atom. The SMILES string of the molecule is CC(C)(CCl)/C(Cn1cccn1)=N/O. The monoisotopic (exact) mass is 215 g/mol. The molecular weight excluding hydrogens is 202 g/mol. The highest BCUT2D eigenvalue weighted by Gasteiger charge is 2.25. The Balaban J connectivity index is 2.75. The molecule has 0 radical (unpaired) electrons. The summed E-state index contributed by atoms with van der Waals surface area (Å²) in [6, 6.07) is 1.82. The fourth-order valence-corrected chi connectivity index (χ4v) is 1.16. The normalized spacial score (nSPS) is 13.2. The van der Waals surface area contributed by atoms with E-state index in [1.54, 1.807) is 10.9 Å². The second-order valence-electron chi connectivity index (χ2n) is 3.77.